The Morgan fingerprint density at radius 2 is 1.84 bits per heavy atom. The number of benzene rings is 1. The summed E-state index contributed by atoms with van der Waals surface area (Å²) in [5.41, 5.74) is 1.55. The Morgan fingerprint density at radius 1 is 1.26 bits per heavy atom. The van der Waals surface area contributed by atoms with E-state index in [-0.39, 0.29) is 17.6 Å². The van der Waals surface area contributed by atoms with E-state index in [0.29, 0.717) is 5.56 Å². The zero-order valence-electron chi connectivity index (χ0n) is 10.6. The van der Waals surface area contributed by atoms with E-state index in [4.69, 9.17) is 5.11 Å². The lowest BCUT2D eigenvalue weighted by Gasteiger charge is -2.20. The molecule has 0 saturated heterocycles. The van der Waals surface area contributed by atoms with Crippen molar-refractivity contribution >= 4 is 17.0 Å². The lowest BCUT2D eigenvalue weighted by atomic mass is 9.96. The van der Waals surface area contributed by atoms with Crippen LogP contribution in [0.1, 0.15) is 42.1 Å². The largest absolute Gasteiger partial charge is 0.481 e. The SMILES string of the molecule is O=C(O)Cc1ccc(C(C2CCCC2)S(=O)O)cc1. The normalized spacial score (nSPS) is 19.2. The average molecular weight is 282 g/mol. The number of carbonyl (C=O) groups is 1. The Hall–Kier alpha value is -1.20. The van der Waals surface area contributed by atoms with Gasteiger partial charge in [-0.3, -0.25) is 4.79 Å². The zero-order chi connectivity index (χ0) is 13.8. The molecule has 5 heteroatoms. The molecule has 4 nitrogen and oxygen atoms in total. The molecule has 19 heavy (non-hydrogen) atoms. The molecule has 1 aromatic rings. The van der Waals surface area contributed by atoms with Crippen molar-refractivity contribution in [1.82, 2.24) is 0 Å². The molecule has 0 spiro atoms. The minimum atomic E-state index is -1.88. The molecule has 0 amide bonds. The first-order valence-corrected chi connectivity index (χ1v) is 7.65. The zero-order valence-corrected chi connectivity index (χ0v) is 11.4. The summed E-state index contributed by atoms with van der Waals surface area (Å²) in [7, 11) is 0. The van der Waals surface area contributed by atoms with Crippen LogP contribution in [0.4, 0.5) is 0 Å². The number of carboxylic acids is 1. The van der Waals surface area contributed by atoms with Gasteiger partial charge in [-0.15, -0.1) is 0 Å². The van der Waals surface area contributed by atoms with Crippen LogP contribution in [0.5, 0.6) is 0 Å². The number of carboxylic acid groups (broad SMARTS) is 1. The van der Waals surface area contributed by atoms with E-state index in [9.17, 15) is 13.6 Å². The standard InChI is InChI=1S/C14H18O4S/c15-13(16)9-10-5-7-12(8-6-10)14(19(17)18)11-3-1-2-4-11/h5-8,11,14H,1-4,9H2,(H,15,16)(H,17,18). The van der Waals surface area contributed by atoms with Gasteiger partial charge in [-0.05, 0) is 29.9 Å². The fourth-order valence-corrected chi connectivity index (χ4v) is 3.80. The molecule has 0 radical (unpaired) electrons. The fraction of sp³-hybridized carbons (Fsp3) is 0.500. The average Bonchev–Trinajstić information content (AvgIpc) is 2.84. The molecule has 1 aromatic carbocycles. The number of rotatable bonds is 5. The summed E-state index contributed by atoms with van der Waals surface area (Å²) in [5.74, 6) is -0.609. The van der Waals surface area contributed by atoms with Gasteiger partial charge in [0.15, 0.2) is 11.1 Å². The Balaban J connectivity index is 2.17. The van der Waals surface area contributed by atoms with E-state index in [2.05, 4.69) is 0 Å². The highest BCUT2D eigenvalue weighted by atomic mass is 32.2. The summed E-state index contributed by atoms with van der Waals surface area (Å²) in [4.78, 5) is 10.6. The monoisotopic (exact) mass is 282 g/mol. The lowest BCUT2D eigenvalue weighted by Crippen LogP contribution is -2.15. The third kappa shape index (κ3) is 3.64. The van der Waals surface area contributed by atoms with Crippen LogP contribution in [-0.4, -0.2) is 19.8 Å². The van der Waals surface area contributed by atoms with Gasteiger partial charge in [0.05, 0.1) is 11.7 Å². The van der Waals surface area contributed by atoms with Crippen molar-refractivity contribution < 1.29 is 18.7 Å². The summed E-state index contributed by atoms with van der Waals surface area (Å²) in [6.07, 6.45) is 4.21. The van der Waals surface area contributed by atoms with Crippen molar-refractivity contribution in [2.45, 2.75) is 37.4 Å². The van der Waals surface area contributed by atoms with E-state index >= 15 is 0 Å². The molecule has 0 bridgehead atoms. The van der Waals surface area contributed by atoms with E-state index in [1.54, 1.807) is 24.3 Å². The second kappa shape index (κ2) is 6.30. The molecular formula is C14H18O4S. The molecule has 104 valence electrons. The molecule has 2 atom stereocenters. The number of hydrogen-bond acceptors (Lipinski definition) is 2. The van der Waals surface area contributed by atoms with E-state index in [0.717, 1.165) is 31.2 Å². The highest BCUT2D eigenvalue weighted by Gasteiger charge is 2.30. The van der Waals surface area contributed by atoms with E-state index in [1.165, 1.54) is 0 Å². The summed E-state index contributed by atoms with van der Waals surface area (Å²) in [6, 6.07) is 7.04. The summed E-state index contributed by atoms with van der Waals surface area (Å²) in [5, 5.41) is 8.37. The molecular weight excluding hydrogens is 264 g/mol. The Kier molecular flexibility index (Phi) is 4.71. The molecule has 1 aliphatic rings. The van der Waals surface area contributed by atoms with Gasteiger partial charge in [-0.1, -0.05) is 37.1 Å². The van der Waals surface area contributed by atoms with E-state index < -0.39 is 17.0 Å². The third-order valence-electron chi connectivity index (χ3n) is 3.71. The second-order valence-corrected chi connectivity index (χ2v) is 6.11. The van der Waals surface area contributed by atoms with Crippen LogP contribution < -0.4 is 0 Å². The highest BCUT2D eigenvalue weighted by Crippen LogP contribution is 2.38. The molecule has 1 fully saturated rings. The van der Waals surface area contributed by atoms with Gasteiger partial charge in [0.25, 0.3) is 0 Å². The molecule has 0 aromatic heterocycles. The Labute approximate surface area is 115 Å². The number of hydrogen-bond donors (Lipinski definition) is 2. The molecule has 0 heterocycles. The van der Waals surface area contributed by atoms with Crippen LogP contribution in [0.2, 0.25) is 0 Å². The van der Waals surface area contributed by atoms with Crippen LogP contribution in [0.15, 0.2) is 24.3 Å². The van der Waals surface area contributed by atoms with Gasteiger partial charge in [0.2, 0.25) is 0 Å². The molecule has 0 aliphatic heterocycles. The van der Waals surface area contributed by atoms with Crippen LogP contribution in [0.3, 0.4) is 0 Å². The van der Waals surface area contributed by atoms with Crippen molar-refractivity contribution in [3.05, 3.63) is 35.4 Å². The van der Waals surface area contributed by atoms with Crippen LogP contribution in [-0.2, 0) is 22.3 Å². The fourth-order valence-electron chi connectivity index (χ4n) is 2.81. The first-order valence-electron chi connectivity index (χ1n) is 6.48. The Morgan fingerprint density at radius 3 is 2.32 bits per heavy atom. The highest BCUT2D eigenvalue weighted by molar-refractivity contribution is 7.79. The van der Waals surface area contributed by atoms with Crippen molar-refractivity contribution in [3.63, 3.8) is 0 Å². The molecule has 1 saturated carbocycles. The Bertz CT molecular complexity index is 463. The summed E-state index contributed by atoms with van der Waals surface area (Å²) in [6.45, 7) is 0. The van der Waals surface area contributed by atoms with Crippen LogP contribution in [0, 0.1) is 5.92 Å². The van der Waals surface area contributed by atoms with Gasteiger partial charge >= 0.3 is 5.97 Å². The molecule has 2 rings (SSSR count). The molecule has 1 aliphatic carbocycles. The van der Waals surface area contributed by atoms with Crippen molar-refractivity contribution in [1.29, 1.82) is 0 Å². The molecule has 2 N–H and O–H groups in total. The van der Waals surface area contributed by atoms with Crippen molar-refractivity contribution in [2.24, 2.45) is 5.92 Å². The lowest BCUT2D eigenvalue weighted by molar-refractivity contribution is -0.136. The first-order chi connectivity index (χ1) is 9.08. The van der Waals surface area contributed by atoms with Gasteiger partial charge in [-0.25, -0.2) is 4.21 Å². The van der Waals surface area contributed by atoms with Gasteiger partial charge in [-0.2, -0.15) is 0 Å². The number of aliphatic carboxylic acids is 1. The van der Waals surface area contributed by atoms with Gasteiger partial charge in [0, 0.05) is 0 Å². The summed E-state index contributed by atoms with van der Waals surface area (Å²) >= 11 is -1.88. The maximum Gasteiger partial charge on any atom is 0.307 e. The minimum absolute atomic E-state index is 0.0173. The summed E-state index contributed by atoms with van der Waals surface area (Å²) < 4.78 is 21.1. The maximum absolute atomic E-state index is 11.6. The van der Waals surface area contributed by atoms with Crippen LogP contribution >= 0.6 is 0 Å². The first kappa shape index (κ1) is 14.2. The van der Waals surface area contributed by atoms with E-state index in [1.807, 2.05) is 0 Å². The topological polar surface area (TPSA) is 74.6 Å². The van der Waals surface area contributed by atoms with Gasteiger partial charge < -0.3 is 9.66 Å². The van der Waals surface area contributed by atoms with Crippen molar-refractivity contribution in [3.8, 4) is 0 Å². The van der Waals surface area contributed by atoms with Gasteiger partial charge in [0.1, 0.15) is 0 Å². The quantitative estimate of drug-likeness (QED) is 0.814. The van der Waals surface area contributed by atoms with Crippen LogP contribution in [0.25, 0.3) is 0 Å². The predicted molar refractivity (Wildman–Crippen MR) is 73.3 cm³/mol. The second-order valence-electron chi connectivity index (χ2n) is 5.05. The predicted octanol–water partition coefficient (Wildman–Crippen LogP) is 2.77. The molecule has 2 unspecified atom stereocenters. The minimum Gasteiger partial charge on any atom is -0.481 e. The maximum atomic E-state index is 11.6. The van der Waals surface area contributed by atoms with Crippen molar-refractivity contribution in [2.75, 3.05) is 0 Å². The smallest absolute Gasteiger partial charge is 0.307 e. The third-order valence-corrected chi connectivity index (χ3v) is 4.80.